The van der Waals surface area contributed by atoms with Crippen LogP contribution in [0.15, 0.2) is 12.2 Å². The molecule has 0 aromatic rings. The predicted octanol–water partition coefficient (Wildman–Crippen LogP) is 2.38. The number of carbonyl (C=O) groups is 1. The lowest BCUT2D eigenvalue weighted by molar-refractivity contribution is -0.122. The smallest absolute Gasteiger partial charge is 0.220 e. The van der Waals surface area contributed by atoms with Crippen molar-refractivity contribution < 1.29 is 4.79 Å². The number of hydrogen-bond acceptors (Lipinski definition) is 2. The van der Waals surface area contributed by atoms with E-state index in [9.17, 15) is 4.79 Å². The Bertz CT molecular complexity index is 341. The minimum atomic E-state index is 0.279. The maximum absolute atomic E-state index is 12.0. The van der Waals surface area contributed by atoms with E-state index in [2.05, 4.69) is 22.8 Å². The lowest BCUT2D eigenvalue weighted by atomic mass is 9.89. The molecule has 1 amide bonds. The summed E-state index contributed by atoms with van der Waals surface area (Å²) in [6, 6.07) is 1.39. The van der Waals surface area contributed by atoms with Crippen LogP contribution < -0.4 is 10.6 Å². The van der Waals surface area contributed by atoms with Crippen molar-refractivity contribution in [2.45, 2.75) is 63.5 Å². The van der Waals surface area contributed by atoms with Crippen molar-refractivity contribution >= 4 is 5.91 Å². The zero-order valence-electron chi connectivity index (χ0n) is 11.7. The first kappa shape index (κ1) is 13.2. The van der Waals surface area contributed by atoms with Gasteiger partial charge in [0.2, 0.25) is 5.91 Å². The second-order valence-corrected chi connectivity index (χ2v) is 6.63. The van der Waals surface area contributed by atoms with Crippen molar-refractivity contribution in [3.8, 4) is 0 Å². The molecule has 0 aromatic carbocycles. The van der Waals surface area contributed by atoms with Gasteiger partial charge in [0, 0.05) is 25.0 Å². The second kappa shape index (κ2) is 6.08. The molecule has 0 radical (unpaired) electrons. The zero-order valence-corrected chi connectivity index (χ0v) is 11.7. The Morgan fingerprint density at radius 3 is 2.58 bits per heavy atom. The molecule has 106 valence electrons. The third-order valence-corrected chi connectivity index (χ3v) is 5.01. The van der Waals surface area contributed by atoms with Crippen molar-refractivity contribution in [1.29, 1.82) is 0 Å². The molecule has 3 aliphatic rings. The van der Waals surface area contributed by atoms with Crippen LogP contribution in [0.2, 0.25) is 0 Å². The Morgan fingerprint density at radius 1 is 1.11 bits per heavy atom. The number of allylic oxidation sites excluding steroid dienone is 2. The van der Waals surface area contributed by atoms with Gasteiger partial charge >= 0.3 is 0 Å². The SMILES string of the molecule is O=C(CC1CC2CCC(C1)N2)NCC1CC=CCC1. The molecular formula is C16H26N2O. The fourth-order valence-electron chi connectivity index (χ4n) is 3.98. The molecule has 3 unspecified atom stereocenters. The van der Waals surface area contributed by atoms with Crippen molar-refractivity contribution in [3.05, 3.63) is 12.2 Å². The molecule has 2 N–H and O–H groups in total. The van der Waals surface area contributed by atoms with E-state index in [0.29, 0.717) is 23.9 Å². The molecule has 0 aromatic heterocycles. The molecule has 19 heavy (non-hydrogen) atoms. The first-order valence-electron chi connectivity index (χ1n) is 7.97. The van der Waals surface area contributed by atoms with Gasteiger partial charge in [0.15, 0.2) is 0 Å². The van der Waals surface area contributed by atoms with E-state index in [0.717, 1.165) is 19.4 Å². The molecule has 2 fully saturated rings. The van der Waals surface area contributed by atoms with Crippen molar-refractivity contribution in [3.63, 3.8) is 0 Å². The van der Waals surface area contributed by atoms with E-state index in [1.165, 1.54) is 38.5 Å². The molecule has 2 aliphatic heterocycles. The maximum atomic E-state index is 12.0. The van der Waals surface area contributed by atoms with Gasteiger partial charge in [-0.05, 0) is 56.8 Å². The number of fused-ring (bicyclic) bond motifs is 2. The highest BCUT2D eigenvalue weighted by atomic mass is 16.1. The van der Waals surface area contributed by atoms with Crippen LogP contribution >= 0.6 is 0 Å². The summed E-state index contributed by atoms with van der Waals surface area (Å²) in [5, 5.41) is 6.79. The fourth-order valence-corrected chi connectivity index (χ4v) is 3.98. The highest BCUT2D eigenvalue weighted by Gasteiger charge is 2.34. The Labute approximate surface area is 116 Å². The minimum absolute atomic E-state index is 0.279. The molecule has 3 rings (SSSR count). The quantitative estimate of drug-likeness (QED) is 0.764. The summed E-state index contributed by atoms with van der Waals surface area (Å²) in [7, 11) is 0. The van der Waals surface area contributed by atoms with E-state index < -0.39 is 0 Å². The Hall–Kier alpha value is -0.830. The monoisotopic (exact) mass is 262 g/mol. The topological polar surface area (TPSA) is 41.1 Å². The Balaban J connectivity index is 1.38. The lowest BCUT2D eigenvalue weighted by Crippen LogP contribution is -2.40. The lowest BCUT2D eigenvalue weighted by Gasteiger charge is -2.28. The number of nitrogens with one attached hydrogen (secondary N) is 2. The fraction of sp³-hybridized carbons (Fsp3) is 0.812. The highest BCUT2D eigenvalue weighted by Crippen LogP contribution is 2.32. The summed E-state index contributed by atoms with van der Waals surface area (Å²) >= 11 is 0. The average molecular weight is 262 g/mol. The van der Waals surface area contributed by atoms with Crippen LogP contribution in [-0.2, 0) is 4.79 Å². The number of hydrogen-bond donors (Lipinski definition) is 2. The van der Waals surface area contributed by atoms with Gasteiger partial charge in [0.25, 0.3) is 0 Å². The molecule has 1 aliphatic carbocycles. The van der Waals surface area contributed by atoms with Crippen molar-refractivity contribution in [2.75, 3.05) is 6.54 Å². The second-order valence-electron chi connectivity index (χ2n) is 6.63. The summed E-state index contributed by atoms with van der Waals surface area (Å²) in [6.45, 7) is 0.876. The van der Waals surface area contributed by atoms with Crippen molar-refractivity contribution in [2.24, 2.45) is 11.8 Å². The van der Waals surface area contributed by atoms with E-state index in [1.54, 1.807) is 0 Å². The van der Waals surface area contributed by atoms with Gasteiger partial charge in [-0.3, -0.25) is 4.79 Å². The first-order valence-corrected chi connectivity index (χ1v) is 7.97. The van der Waals surface area contributed by atoms with Crippen LogP contribution in [0.25, 0.3) is 0 Å². The third-order valence-electron chi connectivity index (χ3n) is 5.01. The first-order chi connectivity index (χ1) is 9.29. The number of rotatable bonds is 4. The van der Waals surface area contributed by atoms with Gasteiger partial charge in [-0.1, -0.05) is 12.2 Å². The molecule has 2 saturated heterocycles. The van der Waals surface area contributed by atoms with Gasteiger partial charge in [0.1, 0.15) is 0 Å². The van der Waals surface area contributed by atoms with Gasteiger partial charge in [-0.15, -0.1) is 0 Å². The molecule has 2 bridgehead atoms. The van der Waals surface area contributed by atoms with Gasteiger partial charge in [-0.2, -0.15) is 0 Å². The Morgan fingerprint density at radius 2 is 1.89 bits per heavy atom. The van der Waals surface area contributed by atoms with Gasteiger partial charge < -0.3 is 10.6 Å². The summed E-state index contributed by atoms with van der Waals surface area (Å²) in [5.74, 6) is 1.56. The van der Waals surface area contributed by atoms with Crippen LogP contribution in [-0.4, -0.2) is 24.5 Å². The maximum Gasteiger partial charge on any atom is 0.220 e. The average Bonchev–Trinajstić information content (AvgIpc) is 2.77. The van der Waals surface area contributed by atoms with E-state index in [1.807, 2.05) is 0 Å². The largest absolute Gasteiger partial charge is 0.356 e. The van der Waals surface area contributed by atoms with Crippen LogP contribution in [0.1, 0.15) is 51.4 Å². The number of piperidine rings is 1. The Kier molecular flexibility index (Phi) is 4.21. The predicted molar refractivity (Wildman–Crippen MR) is 76.8 cm³/mol. The van der Waals surface area contributed by atoms with E-state index in [-0.39, 0.29) is 5.91 Å². The standard InChI is InChI=1S/C16H26N2O/c19-16(17-11-12-4-2-1-3-5-12)10-13-8-14-6-7-15(9-13)18-14/h1-2,12-15,18H,3-11H2,(H,17,19). The van der Waals surface area contributed by atoms with Crippen LogP contribution in [0.4, 0.5) is 0 Å². The summed E-state index contributed by atoms with van der Waals surface area (Å²) in [4.78, 5) is 12.0. The highest BCUT2D eigenvalue weighted by molar-refractivity contribution is 5.76. The van der Waals surface area contributed by atoms with Crippen LogP contribution in [0.3, 0.4) is 0 Å². The molecule has 3 nitrogen and oxygen atoms in total. The molecule has 3 heteroatoms. The number of amides is 1. The third kappa shape index (κ3) is 3.59. The molecule has 0 saturated carbocycles. The van der Waals surface area contributed by atoms with E-state index in [4.69, 9.17) is 0 Å². The molecular weight excluding hydrogens is 236 g/mol. The van der Waals surface area contributed by atoms with Gasteiger partial charge in [0.05, 0.1) is 0 Å². The summed E-state index contributed by atoms with van der Waals surface area (Å²) in [6.07, 6.45) is 13.8. The summed E-state index contributed by atoms with van der Waals surface area (Å²) < 4.78 is 0. The van der Waals surface area contributed by atoms with Gasteiger partial charge in [-0.25, -0.2) is 0 Å². The van der Waals surface area contributed by atoms with Crippen LogP contribution in [0, 0.1) is 11.8 Å². The summed E-state index contributed by atoms with van der Waals surface area (Å²) in [5.41, 5.74) is 0. The normalized spacial score (nSPS) is 37.3. The zero-order chi connectivity index (χ0) is 13.1. The van der Waals surface area contributed by atoms with Crippen molar-refractivity contribution in [1.82, 2.24) is 10.6 Å². The van der Waals surface area contributed by atoms with Crippen LogP contribution in [0.5, 0.6) is 0 Å². The molecule has 2 heterocycles. The number of carbonyl (C=O) groups excluding carboxylic acids is 1. The minimum Gasteiger partial charge on any atom is -0.356 e. The van der Waals surface area contributed by atoms with E-state index >= 15 is 0 Å². The molecule has 0 spiro atoms. The molecule has 3 atom stereocenters.